The van der Waals surface area contributed by atoms with E-state index in [0.717, 1.165) is 5.56 Å². The summed E-state index contributed by atoms with van der Waals surface area (Å²) in [5, 5.41) is 8.27. The molecule has 4 rings (SSSR count). The number of hydrogen-bond acceptors (Lipinski definition) is 4. The third-order valence-corrected chi connectivity index (χ3v) is 4.10. The van der Waals surface area contributed by atoms with Crippen LogP contribution in [0.4, 0.5) is 0 Å². The van der Waals surface area contributed by atoms with E-state index in [2.05, 4.69) is 20.4 Å². The van der Waals surface area contributed by atoms with Gasteiger partial charge in [-0.2, -0.15) is 5.10 Å². The van der Waals surface area contributed by atoms with Crippen LogP contribution in [0.3, 0.4) is 0 Å². The van der Waals surface area contributed by atoms with Crippen molar-refractivity contribution >= 4 is 29.1 Å². The van der Waals surface area contributed by atoms with Gasteiger partial charge in [0.25, 0.3) is 5.91 Å². The molecule has 3 aromatic rings. The Morgan fingerprint density at radius 3 is 2.62 bits per heavy atom. The average molecular weight is 360 g/mol. The van der Waals surface area contributed by atoms with E-state index in [1.807, 2.05) is 0 Å². The summed E-state index contributed by atoms with van der Waals surface area (Å²) < 4.78 is 1.69. The summed E-state index contributed by atoms with van der Waals surface area (Å²) in [6.07, 6.45) is 1.64. The number of carbonyl (C=O) groups excluding carboxylic acids is 1. The second-order valence-electron chi connectivity index (χ2n) is 5.32. The molecule has 0 aliphatic carbocycles. The SMILES string of the molecule is O=C1NCCn2nc(-c3ccnc(-c4cc(Cl)cc(Cl)c4)n3)cc21. The molecule has 120 valence electrons. The highest BCUT2D eigenvalue weighted by atomic mass is 35.5. The molecular formula is C16H11Cl2N5O. The van der Waals surface area contributed by atoms with E-state index in [9.17, 15) is 4.79 Å². The van der Waals surface area contributed by atoms with Gasteiger partial charge in [-0.25, -0.2) is 9.97 Å². The van der Waals surface area contributed by atoms with Crippen molar-refractivity contribution in [1.82, 2.24) is 25.1 Å². The monoisotopic (exact) mass is 359 g/mol. The summed E-state index contributed by atoms with van der Waals surface area (Å²) in [5.74, 6) is 0.364. The number of fused-ring (bicyclic) bond motifs is 1. The van der Waals surface area contributed by atoms with Gasteiger partial charge in [0.05, 0.1) is 12.2 Å². The van der Waals surface area contributed by atoms with Crippen LogP contribution in [0.1, 0.15) is 10.5 Å². The molecule has 0 unspecified atom stereocenters. The van der Waals surface area contributed by atoms with Crippen molar-refractivity contribution in [3.05, 3.63) is 52.3 Å². The number of hydrogen-bond donors (Lipinski definition) is 1. The first kappa shape index (κ1) is 15.1. The van der Waals surface area contributed by atoms with Crippen LogP contribution in [0.2, 0.25) is 10.0 Å². The number of rotatable bonds is 2. The van der Waals surface area contributed by atoms with Crippen molar-refractivity contribution in [2.75, 3.05) is 6.54 Å². The van der Waals surface area contributed by atoms with Gasteiger partial charge >= 0.3 is 0 Å². The Morgan fingerprint density at radius 1 is 1.08 bits per heavy atom. The maximum atomic E-state index is 11.9. The third-order valence-electron chi connectivity index (χ3n) is 3.66. The van der Waals surface area contributed by atoms with E-state index in [-0.39, 0.29) is 5.91 Å². The molecule has 0 atom stereocenters. The van der Waals surface area contributed by atoms with E-state index < -0.39 is 0 Å². The molecule has 1 aromatic carbocycles. The molecule has 0 saturated heterocycles. The number of aromatic nitrogens is 4. The highest BCUT2D eigenvalue weighted by molar-refractivity contribution is 6.35. The Kier molecular flexibility index (Phi) is 3.70. The van der Waals surface area contributed by atoms with Gasteiger partial charge in [-0.05, 0) is 30.3 Å². The molecule has 1 aliphatic heterocycles. The summed E-state index contributed by atoms with van der Waals surface area (Å²) >= 11 is 12.1. The second-order valence-corrected chi connectivity index (χ2v) is 6.19. The fourth-order valence-electron chi connectivity index (χ4n) is 2.58. The van der Waals surface area contributed by atoms with Crippen LogP contribution >= 0.6 is 23.2 Å². The van der Waals surface area contributed by atoms with Crippen molar-refractivity contribution in [1.29, 1.82) is 0 Å². The third kappa shape index (κ3) is 2.74. The van der Waals surface area contributed by atoms with Crippen molar-refractivity contribution in [2.24, 2.45) is 0 Å². The molecule has 8 heteroatoms. The Hall–Kier alpha value is -2.44. The number of carbonyl (C=O) groups is 1. The van der Waals surface area contributed by atoms with Crippen LogP contribution in [0.5, 0.6) is 0 Å². The van der Waals surface area contributed by atoms with E-state index in [0.29, 0.717) is 46.0 Å². The molecule has 0 fully saturated rings. The van der Waals surface area contributed by atoms with Crippen LogP contribution in [0.25, 0.3) is 22.8 Å². The number of nitrogens with zero attached hydrogens (tertiary/aromatic N) is 4. The summed E-state index contributed by atoms with van der Waals surface area (Å²) in [6.45, 7) is 1.21. The quantitative estimate of drug-likeness (QED) is 0.762. The minimum absolute atomic E-state index is 0.129. The molecule has 6 nitrogen and oxygen atoms in total. The lowest BCUT2D eigenvalue weighted by Gasteiger charge is -2.13. The lowest BCUT2D eigenvalue weighted by molar-refractivity contribution is 0.0924. The molecule has 1 N–H and O–H groups in total. The first-order valence-electron chi connectivity index (χ1n) is 7.26. The Morgan fingerprint density at radius 2 is 1.88 bits per heavy atom. The standard InChI is InChI=1S/C16H11Cl2N5O/c17-10-5-9(6-11(18)7-10)15-19-2-1-12(21-15)13-8-14-16(24)20-3-4-23(14)22-13/h1-2,5-8H,3-4H2,(H,20,24). The molecule has 3 heterocycles. The van der Waals surface area contributed by atoms with Crippen molar-refractivity contribution in [3.63, 3.8) is 0 Å². The van der Waals surface area contributed by atoms with Crippen molar-refractivity contribution in [3.8, 4) is 22.8 Å². The van der Waals surface area contributed by atoms with Crippen LogP contribution < -0.4 is 5.32 Å². The van der Waals surface area contributed by atoms with Gasteiger partial charge in [-0.3, -0.25) is 9.48 Å². The molecule has 1 aliphatic rings. The van der Waals surface area contributed by atoms with E-state index in [1.165, 1.54) is 0 Å². The van der Waals surface area contributed by atoms with Gasteiger partial charge < -0.3 is 5.32 Å². The lowest BCUT2D eigenvalue weighted by atomic mass is 10.2. The Labute approximate surface area is 147 Å². The van der Waals surface area contributed by atoms with Crippen molar-refractivity contribution < 1.29 is 4.79 Å². The molecule has 0 saturated carbocycles. The average Bonchev–Trinajstić information content (AvgIpc) is 3.00. The topological polar surface area (TPSA) is 72.7 Å². The predicted octanol–water partition coefficient (Wildman–Crippen LogP) is 3.06. The molecule has 0 radical (unpaired) electrons. The van der Waals surface area contributed by atoms with E-state index >= 15 is 0 Å². The summed E-state index contributed by atoms with van der Waals surface area (Å²) in [4.78, 5) is 20.7. The smallest absolute Gasteiger partial charge is 0.269 e. The highest BCUT2D eigenvalue weighted by Gasteiger charge is 2.20. The minimum atomic E-state index is -0.129. The number of halogens is 2. The zero-order chi connectivity index (χ0) is 16.7. The van der Waals surface area contributed by atoms with Crippen LogP contribution in [-0.2, 0) is 6.54 Å². The fourth-order valence-corrected chi connectivity index (χ4v) is 3.11. The van der Waals surface area contributed by atoms with Gasteiger partial charge in [0.1, 0.15) is 11.4 Å². The maximum Gasteiger partial charge on any atom is 0.269 e. The Bertz CT molecular complexity index is 933. The molecule has 0 bridgehead atoms. The van der Waals surface area contributed by atoms with Gasteiger partial charge in [-0.1, -0.05) is 23.2 Å². The largest absolute Gasteiger partial charge is 0.349 e. The molecular weight excluding hydrogens is 349 g/mol. The maximum absolute atomic E-state index is 11.9. The van der Waals surface area contributed by atoms with Crippen LogP contribution in [-0.4, -0.2) is 32.2 Å². The zero-order valence-corrected chi connectivity index (χ0v) is 13.8. The predicted molar refractivity (Wildman–Crippen MR) is 91.0 cm³/mol. The fraction of sp³-hybridized carbons (Fsp3) is 0.125. The first-order valence-corrected chi connectivity index (χ1v) is 8.02. The van der Waals surface area contributed by atoms with Crippen LogP contribution in [0, 0.1) is 0 Å². The van der Waals surface area contributed by atoms with Gasteiger partial charge in [-0.15, -0.1) is 0 Å². The van der Waals surface area contributed by atoms with Crippen molar-refractivity contribution in [2.45, 2.75) is 6.54 Å². The molecule has 24 heavy (non-hydrogen) atoms. The lowest BCUT2D eigenvalue weighted by Crippen LogP contribution is -2.35. The number of amides is 1. The molecule has 2 aromatic heterocycles. The Balaban J connectivity index is 1.77. The van der Waals surface area contributed by atoms with Gasteiger partial charge in [0.2, 0.25) is 0 Å². The van der Waals surface area contributed by atoms with E-state index in [4.69, 9.17) is 23.2 Å². The second kappa shape index (κ2) is 5.89. The first-order chi connectivity index (χ1) is 11.6. The highest BCUT2D eigenvalue weighted by Crippen LogP contribution is 2.26. The minimum Gasteiger partial charge on any atom is -0.349 e. The van der Waals surface area contributed by atoms with E-state index in [1.54, 1.807) is 41.2 Å². The summed E-state index contributed by atoms with van der Waals surface area (Å²) in [6, 6.07) is 8.63. The number of benzene rings is 1. The zero-order valence-electron chi connectivity index (χ0n) is 12.3. The van der Waals surface area contributed by atoms with Crippen LogP contribution in [0.15, 0.2) is 36.5 Å². The molecule has 0 spiro atoms. The van der Waals surface area contributed by atoms with Gasteiger partial charge in [0, 0.05) is 28.4 Å². The summed E-state index contributed by atoms with van der Waals surface area (Å²) in [7, 11) is 0. The molecule has 1 amide bonds. The number of nitrogens with one attached hydrogen (secondary N) is 1. The summed E-state index contributed by atoms with van der Waals surface area (Å²) in [5.41, 5.74) is 2.50. The van der Waals surface area contributed by atoms with Gasteiger partial charge in [0.15, 0.2) is 5.82 Å². The normalized spacial score (nSPS) is 13.5.